The van der Waals surface area contributed by atoms with Crippen LogP contribution in [0.2, 0.25) is 0 Å². The number of nitrogens with two attached hydrogens (primary N) is 1. The zero-order valence-corrected chi connectivity index (χ0v) is 14.7. The number of imidazole rings is 1. The van der Waals surface area contributed by atoms with Crippen molar-refractivity contribution in [2.45, 2.75) is 31.1 Å². The highest BCUT2D eigenvalue weighted by Gasteiger charge is 2.45. The smallest absolute Gasteiger partial charge is 0.333 e. The normalized spacial score (nSPS) is 25.0. The molecule has 0 amide bonds. The van der Waals surface area contributed by atoms with Crippen molar-refractivity contribution in [1.82, 2.24) is 19.1 Å². The maximum atomic E-state index is 12.9. The number of hydrogen-bond acceptors (Lipinski definition) is 10. The van der Waals surface area contributed by atoms with Crippen LogP contribution in [0.1, 0.15) is 6.23 Å². The highest BCUT2D eigenvalue weighted by Crippen LogP contribution is 2.30. The molecule has 4 unspecified atom stereocenters. The van der Waals surface area contributed by atoms with E-state index < -0.39 is 48.4 Å². The molecule has 0 spiro atoms. The lowest BCUT2D eigenvalue weighted by Gasteiger charge is -2.15. The molecule has 1 saturated heterocycles. The van der Waals surface area contributed by atoms with Gasteiger partial charge in [0.05, 0.1) is 13.7 Å². The van der Waals surface area contributed by atoms with Gasteiger partial charge < -0.3 is 30.5 Å². The minimum atomic E-state index is -1.57. The molecule has 13 nitrogen and oxygen atoms in total. The number of aromatic amines is 1. The molecule has 1 aliphatic rings. The molecule has 28 heavy (non-hydrogen) atoms. The fourth-order valence-corrected chi connectivity index (χ4v) is 3.01. The molecule has 0 aromatic carbocycles. The largest absolute Gasteiger partial charge is 0.466 e. The van der Waals surface area contributed by atoms with Gasteiger partial charge in [0.25, 0.3) is 5.56 Å². The van der Waals surface area contributed by atoms with Crippen LogP contribution in [0.3, 0.4) is 0 Å². The van der Waals surface area contributed by atoms with E-state index >= 15 is 0 Å². The number of nitrogen functional groups attached to an aromatic ring is 1. The van der Waals surface area contributed by atoms with Crippen molar-refractivity contribution in [1.29, 1.82) is 0 Å². The van der Waals surface area contributed by atoms with Crippen LogP contribution in [0.5, 0.6) is 0 Å². The molecule has 1 fully saturated rings. The fourth-order valence-electron chi connectivity index (χ4n) is 3.01. The van der Waals surface area contributed by atoms with Crippen molar-refractivity contribution in [3.05, 3.63) is 33.0 Å². The van der Waals surface area contributed by atoms with Gasteiger partial charge in [0, 0.05) is 12.6 Å². The fraction of sp³-hybridized carbons (Fsp3) is 0.467. The molecule has 0 aliphatic carbocycles. The average molecular weight is 397 g/mol. The van der Waals surface area contributed by atoms with Crippen LogP contribution in [0.25, 0.3) is 11.2 Å². The topological polar surface area (TPSA) is 195 Å². The third-order valence-corrected chi connectivity index (χ3v) is 4.34. The molecular weight excluding hydrogens is 378 g/mol. The van der Waals surface area contributed by atoms with E-state index in [2.05, 4.69) is 14.7 Å². The van der Waals surface area contributed by atoms with Gasteiger partial charge in [-0.1, -0.05) is 6.08 Å². The van der Waals surface area contributed by atoms with Gasteiger partial charge in [0.2, 0.25) is 5.95 Å². The number of ether oxygens (including phenoxy) is 2. The number of allylic oxidation sites excluding steroid dienone is 1. The van der Waals surface area contributed by atoms with E-state index in [-0.39, 0.29) is 23.7 Å². The number of rotatable bonds is 5. The van der Waals surface area contributed by atoms with Crippen LogP contribution in [0.4, 0.5) is 5.95 Å². The molecule has 3 rings (SSSR count). The van der Waals surface area contributed by atoms with Gasteiger partial charge in [-0.2, -0.15) is 4.98 Å². The van der Waals surface area contributed by atoms with E-state index in [1.807, 2.05) is 0 Å². The Morgan fingerprint density at radius 3 is 2.71 bits per heavy atom. The van der Waals surface area contributed by atoms with Crippen LogP contribution >= 0.6 is 0 Å². The second-order valence-electron chi connectivity index (χ2n) is 6.04. The third kappa shape index (κ3) is 3.20. The Labute approximate surface area is 156 Å². The van der Waals surface area contributed by atoms with E-state index in [0.29, 0.717) is 0 Å². The number of H-pyrrole nitrogens is 1. The van der Waals surface area contributed by atoms with Gasteiger partial charge in [0.1, 0.15) is 18.3 Å². The number of anilines is 1. The van der Waals surface area contributed by atoms with Crippen LogP contribution in [0.15, 0.2) is 21.7 Å². The van der Waals surface area contributed by atoms with Gasteiger partial charge in [-0.25, -0.2) is 14.2 Å². The number of carbonyl (C=O) groups excluding carboxylic acids is 1. The van der Waals surface area contributed by atoms with Crippen molar-refractivity contribution in [2.75, 3.05) is 19.5 Å². The maximum absolute atomic E-state index is 12.9. The summed E-state index contributed by atoms with van der Waals surface area (Å²) < 4.78 is 11.7. The molecule has 2 aromatic rings. The number of carbonyl (C=O) groups is 1. The van der Waals surface area contributed by atoms with Crippen molar-refractivity contribution in [3.63, 3.8) is 0 Å². The highest BCUT2D eigenvalue weighted by atomic mass is 16.6. The predicted molar refractivity (Wildman–Crippen MR) is 93.2 cm³/mol. The Hall–Kier alpha value is -3.00. The molecule has 0 radical (unpaired) electrons. The number of fused-ring (bicyclic) bond motifs is 1. The van der Waals surface area contributed by atoms with Gasteiger partial charge in [-0.3, -0.25) is 14.3 Å². The van der Waals surface area contributed by atoms with Crippen LogP contribution in [0, 0.1) is 0 Å². The molecule has 0 bridgehead atoms. The first-order valence-corrected chi connectivity index (χ1v) is 8.17. The Balaban J connectivity index is 2.17. The standard InChI is InChI=1S/C15H19N5O8/c1-27-7(22)3-2-4-19-8-11(17-14(16)18-12(8)25)20(15(19)26)13-10(24)9(23)6(5-21)28-13/h2-3,6,9-10,13,21,23-24H,4-5H2,1H3,(H3,16,17,18,25)/b3-2+. The summed E-state index contributed by atoms with van der Waals surface area (Å²) in [6.45, 7) is -0.791. The summed E-state index contributed by atoms with van der Waals surface area (Å²) in [4.78, 5) is 42.7. The second-order valence-corrected chi connectivity index (χ2v) is 6.04. The van der Waals surface area contributed by atoms with E-state index in [1.54, 1.807) is 0 Å². The van der Waals surface area contributed by atoms with Gasteiger partial charge in [-0.05, 0) is 0 Å². The lowest BCUT2D eigenvalue weighted by Crippen LogP contribution is -2.36. The maximum Gasteiger partial charge on any atom is 0.333 e. The SMILES string of the molecule is COC(=O)/C=C/Cn1c(=O)n(C2OC(CO)C(O)C2O)c2nc(N)[nH]c(=O)c21. The third-order valence-electron chi connectivity index (χ3n) is 4.34. The number of nitrogens with one attached hydrogen (secondary N) is 1. The minimum absolute atomic E-state index is 0.175. The second kappa shape index (κ2) is 7.55. The summed E-state index contributed by atoms with van der Waals surface area (Å²) in [5.74, 6) is -0.934. The molecule has 1 aliphatic heterocycles. The summed E-state index contributed by atoms with van der Waals surface area (Å²) >= 11 is 0. The zero-order valence-electron chi connectivity index (χ0n) is 14.7. The van der Waals surface area contributed by atoms with Gasteiger partial charge in [0.15, 0.2) is 17.4 Å². The van der Waals surface area contributed by atoms with Gasteiger partial charge in [-0.15, -0.1) is 0 Å². The Kier molecular flexibility index (Phi) is 5.33. The van der Waals surface area contributed by atoms with Crippen LogP contribution in [-0.2, 0) is 20.8 Å². The molecule has 152 valence electrons. The lowest BCUT2D eigenvalue weighted by molar-refractivity contribution is -0.134. The zero-order chi connectivity index (χ0) is 20.6. The lowest BCUT2D eigenvalue weighted by atomic mass is 10.1. The molecule has 6 N–H and O–H groups in total. The molecule has 4 atom stereocenters. The summed E-state index contributed by atoms with van der Waals surface area (Å²) in [7, 11) is 1.18. The minimum Gasteiger partial charge on any atom is -0.466 e. The van der Waals surface area contributed by atoms with Crippen molar-refractivity contribution >= 4 is 23.1 Å². The quantitative estimate of drug-likeness (QED) is 0.253. The first kappa shape index (κ1) is 19.8. The number of methoxy groups -OCH3 is 1. The summed E-state index contributed by atoms with van der Waals surface area (Å²) in [6.07, 6.45) is -3.21. The Morgan fingerprint density at radius 2 is 2.11 bits per heavy atom. The number of aromatic nitrogens is 4. The molecule has 2 aromatic heterocycles. The number of aliphatic hydroxyl groups excluding tert-OH is 3. The number of nitrogens with zero attached hydrogens (tertiary/aromatic N) is 3. The van der Waals surface area contributed by atoms with Crippen molar-refractivity contribution in [3.8, 4) is 0 Å². The van der Waals surface area contributed by atoms with Crippen molar-refractivity contribution < 1.29 is 29.6 Å². The van der Waals surface area contributed by atoms with E-state index in [4.69, 9.17) is 10.5 Å². The molecular formula is C15H19N5O8. The monoisotopic (exact) mass is 397 g/mol. The summed E-state index contributed by atoms with van der Waals surface area (Å²) in [5.41, 5.74) is 3.68. The number of esters is 1. The first-order chi connectivity index (χ1) is 13.3. The first-order valence-electron chi connectivity index (χ1n) is 8.17. The Bertz CT molecular complexity index is 1040. The van der Waals surface area contributed by atoms with E-state index in [0.717, 1.165) is 15.2 Å². The molecule has 3 heterocycles. The Morgan fingerprint density at radius 1 is 1.39 bits per heavy atom. The average Bonchev–Trinajstić information content (AvgIpc) is 3.09. The highest BCUT2D eigenvalue weighted by molar-refractivity contribution is 5.81. The van der Waals surface area contributed by atoms with Crippen LogP contribution in [-0.4, -0.2) is 72.4 Å². The molecule has 13 heteroatoms. The van der Waals surface area contributed by atoms with E-state index in [9.17, 15) is 29.7 Å². The number of aliphatic hydroxyl groups is 3. The summed E-state index contributed by atoms with van der Waals surface area (Å²) in [5, 5.41) is 29.5. The molecule has 0 saturated carbocycles. The number of hydrogen-bond donors (Lipinski definition) is 5. The van der Waals surface area contributed by atoms with E-state index in [1.165, 1.54) is 13.2 Å². The van der Waals surface area contributed by atoms with Gasteiger partial charge >= 0.3 is 11.7 Å². The van der Waals surface area contributed by atoms with Crippen LogP contribution < -0.4 is 17.0 Å². The summed E-state index contributed by atoms with van der Waals surface area (Å²) in [6, 6.07) is 0. The predicted octanol–water partition coefficient (Wildman–Crippen LogP) is -3.19. The van der Waals surface area contributed by atoms with Crippen molar-refractivity contribution in [2.24, 2.45) is 0 Å².